The molecule has 2 unspecified atom stereocenters. The van der Waals surface area contributed by atoms with E-state index in [-0.39, 0.29) is 23.8 Å². The van der Waals surface area contributed by atoms with E-state index < -0.39 is 0 Å². The topological polar surface area (TPSA) is 84.2 Å². The molecule has 2 atom stereocenters. The number of nitrogens with two attached hydrogens (primary N) is 1. The van der Waals surface area contributed by atoms with Gasteiger partial charge < -0.3 is 16.4 Å². The van der Waals surface area contributed by atoms with Gasteiger partial charge in [0, 0.05) is 24.3 Å². The third-order valence-corrected chi connectivity index (χ3v) is 3.72. The Balaban J connectivity index is 2.09. The SMILES string of the molecule is CC(=O)Nc1cc(NC(=O)C2CCCC2N)ccc1C. The van der Waals surface area contributed by atoms with Crippen LogP contribution in [0.4, 0.5) is 11.4 Å². The average Bonchev–Trinajstić information content (AvgIpc) is 2.79. The zero-order valence-electron chi connectivity index (χ0n) is 11.9. The van der Waals surface area contributed by atoms with Crippen molar-refractivity contribution in [2.45, 2.75) is 39.2 Å². The van der Waals surface area contributed by atoms with Crippen molar-refractivity contribution in [1.29, 1.82) is 0 Å². The van der Waals surface area contributed by atoms with Gasteiger partial charge in [0.1, 0.15) is 0 Å². The minimum Gasteiger partial charge on any atom is -0.327 e. The number of anilines is 2. The van der Waals surface area contributed by atoms with Gasteiger partial charge in [0.05, 0.1) is 5.92 Å². The lowest BCUT2D eigenvalue weighted by Gasteiger charge is -2.16. The Morgan fingerprint density at radius 3 is 2.60 bits per heavy atom. The molecule has 1 saturated carbocycles. The van der Waals surface area contributed by atoms with Crippen molar-refractivity contribution in [3.63, 3.8) is 0 Å². The molecule has 5 heteroatoms. The fraction of sp³-hybridized carbons (Fsp3) is 0.467. The molecule has 0 bridgehead atoms. The molecule has 0 aromatic heterocycles. The van der Waals surface area contributed by atoms with Gasteiger partial charge in [-0.15, -0.1) is 0 Å². The van der Waals surface area contributed by atoms with Crippen LogP contribution < -0.4 is 16.4 Å². The van der Waals surface area contributed by atoms with Gasteiger partial charge in [0.25, 0.3) is 0 Å². The highest BCUT2D eigenvalue weighted by Crippen LogP contribution is 2.26. The first kappa shape index (κ1) is 14.5. The Morgan fingerprint density at radius 1 is 1.25 bits per heavy atom. The number of hydrogen-bond donors (Lipinski definition) is 3. The summed E-state index contributed by atoms with van der Waals surface area (Å²) in [6, 6.07) is 5.43. The van der Waals surface area contributed by atoms with Crippen molar-refractivity contribution >= 4 is 23.2 Å². The molecule has 20 heavy (non-hydrogen) atoms. The van der Waals surface area contributed by atoms with Crippen molar-refractivity contribution in [2.24, 2.45) is 11.7 Å². The Kier molecular flexibility index (Phi) is 4.39. The summed E-state index contributed by atoms with van der Waals surface area (Å²) in [6.07, 6.45) is 2.75. The van der Waals surface area contributed by atoms with E-state index in [1.165, 1.54) is 6.92 Å². The van der Waals surface area contributed by atoms with Gasteiger partial charge in [-0.05, 0) is 37.5 Å². The summed E-state index contributed by atoms with van der Waals surface area (Å²) >= 11 is 0. The number of benzene rings is 1. The fourth-order valence-electron chi connectivity index (χ4n) is 2.57. The quantitative estimate of drug-likeness (QED) is 0.789. The lowest BCUT2D eigenvalue weighted by atomic mass is 10.0. The molecule has 4 N–H and O–H groups in total. The predicted octanol–water partition coefficient (Wildman–Crippen LogP) is 2.02. The molecule has 0 aliphatic heterocycles. The summed E-state index contributed by atoms with van der Waals surface area (Å²) in [5, 5.41) is 5.63. The van der Waals surface area contributed by atoms with Crippen LogP contribution in [-0.4, -0.2) is 17.9 Å². The molecule has 0 heterocycles. The average molecular weight is 275 g/mol. The summed E-state index contributed by atoms with van der Waals surface area (Å²) in [4.78, 5) is 23.3. The first-order valence-corrected chi connectivity index (χ1v) is 6.92. The van der Waals surface area contributed by atoms with Crippen LogP contribution in [0.15, 0.2) is 18.2 Å². The smallest absolute Gasteiger partial charge is 0.229 e. The number of hydrogen-bond acceptors (Lipinski definition) is 3. The predicted molar refractivity (Wildman–Crippen MR) is 79.4 cm³/mol. The summed E-state index contributed by atoms with van der Waals surface area (Å²) < 4.78 is 0. The van der Waals surface area contributed by atoms with Crippen molar-refractivity contribution in [2.75, 3.05) is 10.6 Å². The fourth-order valence-corrected chi connectivity index (χ4v) is 2.57. The normalized spacial score (nSPS) is 21.6. The van der Waals surface area contributed by atoms with E-state index >= 15 is 0 Å². The number of nitrogens with one attached hydrogen (secondary N) is 2. The Morgan fingerprint density at radius 2 is 2.00 bits per heavy atom. The monoisotopic (exact) mass is 275 g/mol. The number of carbonyl (C=O) groups is 2. The number of carbonyl (C=O) groups excluding carboxylic acids is 2. The van der Waals surface area contributed by atoms with Gasteiger partial charge in [-0.25, -0.2) is 0 Å². The van der Waals surface area contributed by atoms with E-state index in [1.54, 1.807) is 6.07 Å². The number of aryl methyl sites for hydroxylation is 1. The van der Waals surface area contributed by atoms with Crippen molar-refractivity contribution in [3.05, 3.63) is 23.8 Å². The van der Waals surface area contributed by atoms with Crippen molar-refractivity contribution in [3.8, 4) is 0 Å². The largest absolute Gasteiger partial charge is 0.327 e. The second kappa shape index (κ2) is 6.05. The molecule has 1 aliphatic carbocycles. The third-order valence-electron chi connectivity index (χ3n) is 3.72. The van der Waals surface area contributed by atoms with E-state index in [2.05, 4.69) is 10.6 Å². The lowest BCUT2D eigenvalue weighted by molar-refractivity contribution is -0.120. The van der Waals surface area contributed by atoms with Crippen LogP contribution in [0.5, 0.6) is 0 Å². The van der Waals surface area contributed by atoms with E-state index in [9.17, 15) is 9.59 Å². The Hall–Kier alpha value is -1.88. The summed E-state index contributed by atoms with van der Waals surface area (Å²) in [6.45, 7) is 3.37. The highest BCUT2D eigenvalue weighted by atomic mass is 16.2. The molecule has 1 aromatic rings. The van der Waals surface area contributed by atoms with E-state index in [0.29, 0.717) is 11.4 Å². The zero-order chi connectivity index (χ0) is 14.7. The van der Waals surface area contributed by atoms with Crippen LogP contribution in [0, 0.1) is 12.8 Å². The summed E-state index contributed by atoms with van der Waals surface area (Å²) in [5.74, 6) is -0.275. The molecule has 1 aliphatic rings. The third kappa shape index (κ3) is 3.36. The molecule has 0 saturated heterocycles. The van der Waals surface area contributed by atoms with Crippen LogP contribution in [0.25, 0.3) is 0 Å². The molecule has 0 radical (unpaired) electrons. The summed E-state index contributed by atoms with van der Waals surface area (Å²) in [7, 11) is 0. The van der Waals surface area contributed by atoms with E-state index in [1.807, 2.05) is 19.1 Å². The first-order valence-electron chi connectivity index (χ1n) is 6.92. The first-order chi connectivity index (χ1) is 9.47. The molecule has 2 rings (SSSR count). The van der Waals surface area contributed by atoms with Crippen LogP contribution in [0.1, 0.15) is 31.7 Å². The highest BCUT2D eigenvalue weighted by Gasteiger charge is 2.30. The molecular weight excluding hydrogens is 254 g/mol. The molecule has 5 nitrogen and oxygen atoms in total. The Bertz CT molecular complexity index is 528. The van der Waals surface area contributed by atoms with Gasteiger partial charge in [-0.3, -0.25) is 9.59 Å². The van der Waals surface area contributed by atoms with Crippen LogP contribution in [0.3, 0.4) is 0 Å². The van der Waals surface area contributed by atoms with Gasteiger partial charge in [-0.2, -0.15) is 0 Å². The second-order valence-corrected chi connectivity index (χ2v) is 5.40. The van der Waals surface area contributed by atoms with Gasteiger partial charge in [-0.1, -0.05) is 12.5 Å². The van der Waals surface area contributed by atoms with E-state index in [4.69, 9.17) is 5.73 Å². The van der Waals surface area contributed by atoms with Gasteiger partial charge >= 0.3 is 0 Å². The van der Waals surface area contributed by atoms with Crippen molar-refractivity contribution < 1.29 is 9.59 Å². The summed E-state index contributed by atoms with van der Waals surface area (Å²) in [5.41, 5.74) is 8.29. The second-order valence-electron chi connectivity index (χ2n) is 5.40. The molecule has 108 valence electrons. The van der Waals surface area contributed by atoms with Crippen LogP contribution in [-0.2, 0) is 9.59 Å². The minimum atomic E-state index is -0.130. The Labute approximate surface area is 118 Å². The molecule has 2 amide bonds. The highest BCUT2D eigenvalue weighted by molar-refractivity contribution is 5.95. The molecule has 1 fully saturated rings. The van der Waals surface area contributed by atoms with Crippen molar-refractivity contribution in [1.82, 2.24) is 0 Å². The number of amides is 2. The molecular formula is C15H21N3O2. The van der Waals surface area contributed by atoms with Crippen LogP contribution >= 0.6 is 0 Å². The maximum Gasteiger partial charge on any atom is 0.229 e. The molecule has 0 spiro atoms. The molecule has 1 aromatic carbocycles. The standard InChI is InChI=1S/C15H21N3O2/c1-9-6-7-11(8-14(9)17-10(2)19)18-15(20)12-4-3-5-13(12)16/h6-8,12-13H,3-5,16H2,1-2H3,(H,17,19)(H,18,20). The van der Waals surface area contributed by atoms with Crippen LogP contribution in [0.2, 0.25) is 0 Å². The lowest BCUT2D eigenvalue weighted by Crippen LogP contribution is -2.34. The van der Waals surface area contributed by atoms with Gasteiger partial charge in [0.2, 0.25) is 11.8 Å². The zero-order valence-corrected chi connectivity index (χ0v) is 11.9. The van der Waals surface area contributed by atoms with Gasteiger partial charge in [0.15, 0.2) is 0 Å². The number of rotatable bonds is 3. The van der Waals surface area contributed by atoms with E-state index in [0.717, 1.165) is 24.8 Å². The maximum absolute atomic E-state index is 12.2. The maximum atomic E-state index is 12.2. The minimum absolute atomic E-state index is 0.0346.